The number of rotatable bonds is 3. The van der Waals surface area contributed by atoms with Crippen molar-refractivity contribution in [2.24, 2.45) is 0 Å². The van der Waals surface area contributed by atoms with E-state index in [-0.39, 0.29) is 6.61 Å². The quantitative estimate of drug-likeness (QED) is 0.397. The zero-order chi connectivity index (χ0) is 9.94. The summed E-state index contributed by atoms with van der Waals surface area (Å²) in [6, 6.07) is 0. The van der Waals surface area contributed by atoms with E-state index in [4.69, 9.17) is 14.9 Å². The fraction of sp³-hybridized carbons (Fsp3) is 0.750. The van der Waals surface area contributed by atoms with E-state index in [0.29, 0.717) is 0 Å². The lowest BCUT2D eigenvalue weighted by Gasteiger charge is -2.10. The molecular weight excluding hydrogens is 174 g/mol. The molecule has 1 aliphatic heterocycles. The van der Waals surface area contributed by atoms with E-state index in [1.54, 1.807) is 0 Å². The minimum Gasteiger partial charge on any atom is -0.379 e. The molecule has 1 saturated heterocycles. The Morgan fingerprint density at radius 2 is 2.08 bits per heavy atom. The van der Waals surface area contributed by atoms with Crippen molar-refractivity contribution < 1.29 is 19.7 Å². The van der Waals surface area contributed by atoms with Crippen molar-refractivity contribution in [1.29, 1.82) is 0 Å². The Bertz CT molecular complexity index is 103. The standard InChI is InChI=1S/C4H9NO.C4H8O3/c1-3-6-4-2-5-1;1-2-3-7-4(5)6/h5H,1-4H2;2,4-6H,1,3H2. The van der Waals surface area contributed by atoms with Gasteiger partial charge in [0.1, 0.15) is 0 Å². The molecule has 1 fully saturated rings. The van der Waals surface area contributed by atoms with Crippen LogP contribution in [-0.2, 0) is 9.47 Å². The summed E-state index contributed by atoms with van der Waals surface area (Å²) in [6.07, 6.45) is 1.43. The van der Waals surface area contributed by atoms with Crippen molar-refractivity contribution in [2.45, 2.75) is 6.48 Å². The first-order valence-electron chi connectivity index (χ1n) is 4.14. The minimum atomic E-state index is -1.67. The highest BCUT2D eigenvalue weighted by Crippen LogP contribution is 1.77. The van der Waals surface area contributed by atoms with Crippen molar-refractivity contribution in [1.82, 2.24) is 5.32 Å². The second kappa shape index (κ2) is 9.63. The molecule has 0 spiro atoms. The number of aliphatic hydroxyl groups is 2. The van der Waals surface area contributed by atoms with Crippen LogP contribution in [0, 0.1) is 0 Å². The molecule has 1 aliphatic rings. The van der Waals surface area contributed by atoms with E-state index in [2.05, 4.69) is 16.6 Å². The average molecular weight is 191 g/mol. The Balaban J connectivity index is 0.000000223. The van der Waals surface area contributed by atoms with E-state index in [1.807, 2.05) is 0 Å². The van der Waals surface area contributed by atoms with Gasteiger partial charge >= 0.3 is 0 Å². The van der Waals surface area contributed by atoms with Crippen LogP contribution in [-0.4, -0.2) is 49.6 Å². The molecule has 1 heterocycles. The molecule has 0 aromatic heterocycles. The van der Waals surface area contributed by atoms with Gasteiger partial charge in [-0.25, -0.2) is 0 Å². The van der Waals surface area contributed by atoms with Gasteiger partial charge < -0.3 is 25.0 Å². The molecule has 0 aliphatic carbocycles. The van der Waals surface area contributed by atoms with Gasteiger partial charge in [0.15, 0.2) is 0 Å². The smallest absolute Gasteiger partial charge is 0.266 e. The topological polar surface area (TPSA) is 71.0 Å². The maximum Gasteiger partial charge on any atom is 0.266 e. The summed E-state index contributed by atoms with van der Waals surface area (Å²) < 4.78 is 9.19. The Morgan fingerprint density at radius 1 is 1.46 bits per heavy atom. The van der Waals surface area contributed by atoms with Gasteiger partial charge in [-0.15, -0.1) is 6.58 Å². The fourth-order valence-corrected chi connectivity index (χ4v) is 0.670. The van der Waals surface area contributed by atoms with Crippen LogP contribution in [0.5, 0.6) is 0 Å². The van der Waals surface area contributed by atoms with Crippen LogP contribution in [0.4, 0.5) is 0 Å². The summed E-state index contributed by atoms with van der Waals surface area (Å²) in [7, 11) is 0. The van der Waals surface area contributed by atoms with Gasteiger partial charge in [0.2, 0.25) is 0 Å². The highest BCUT2D eigenvalue weighted by molar-refractivity contribution is 4.63. The molecule has 78 valence electrons. The van der Waals surface area contributed by atoms with Crippen molar-refractivity contribution >= 4 is 0 Å². The second-order valence-corrected chi connectivity index (χ2v) is 2.31. The van der Waals surface area contributed by atoms with E-state index in [0.717, 1.165) is 26.3 Å². The van der Waals surface area contributed by atoms with E-state index >= 15 is 0 Å². The lowest BCUT2D eigenvalue weighted by atomic mass is 10.5. The first-order chi connectivity index (χ1) is 6.27. The van der Waals surface area contributed by atoms with Crippen LogP contribution in [0.3, 0.4) is 0 Å². The van der Waals surface area contributed by atoms with Gasteiger partial charge in [-0.2, -0.15) is 0 Å². The maximum absolute atomic E-state index is 7.97. The van der Waals surface area contributed by atoms with Gasteiger partial charge in [-0.3, -0.25) is 0 Å². The number of ether oxygens (including phenoxy) is 2. The molecule has 1 rings (SSSR count). The number of morpholine rings is 1. The summed E-state index contributed by atoms with van der Waals surface area (Å²) in [5, 5.41) is 19.1. The Morgan fingerprint density at radius 3 is 2.23 bits per heavy atom. The summed E-state index contributed by atoms with van der Waals surface area (Å²) in [4.78, 5) is 0. The molecule has 0 atom stereocenters. The summed E-state index contributed by atoms with van der Waals surface area (Å²) in [6.45, 7) is 5.61. The highest BCUT2D eigenvalue weighted by Gasteiger charge is 1.93. The van der Waals surface area contributed by atoms with Gasteiger partial charge in [0.05, 0.1) is 19.8 Å². The lowest BCUT2D eigenvalue weighted by Crippen LogP contribution is -2.30. The van der Waals surface area contributed by atoms with E-state index < -0.39 is 6.48 Å². The minimum absolute atomic E-state index is 0.164. The maximum atomic E-state index is 7.97. The van der Waals surface area contributed by atoms with Crippen molar-refractivity contribution in [3.63, 3.8) is 0 Å². The van der Waals surface area contributed by atoms with Crippen molar-refractivity contribution in [2.75, 3.05) is 32.9 Å². The number of hydrogen-bond donors (Lipinski definition) is 3. The Kier molecular flexibility index (Phi) is 9.29. The molecule has 0 unspecified atom stereocenters. The number of hydrogen-bond acceptors (Lipinski definition) is 5. The SMILES string of the molecule is C1COCCN1.C=CCOC(O)O. The van der Waals surface area contributed by atoms with Crippen LogP contribution < -0.4 is 5.32 Å². The first-order valence-corrected chi connectivity index (χ1v) is 4.14. The fourth-order valence-electron chi connectivity index (χ4n) is 0.670. The second-order valence-electron chi connectivity index (χ2n) is 2.31. The lowest BCUT2D eigenvalue weighted by molar-refractivity contribution is -0.227. The third-order valence-electron chi connectivity index (χ3n) is 1.21. The summed E-state index contributed by atoms with van der Waals surface area (Å²) in [5.41, 5.74) is 0. The predicted octanol–water partition coefficient (Wildman–Crippen LogP) is -0.937. The molecular formula is C8H17NO4. The van der Waals surface area contributed by atoms with E-state index in [9.17, 15) is 0 Å². The van der Waals surface area contributed by atoms with Crippen LogP contribution in [0.25, 0.3) is 0 Å². The van der Waals surface area contributed by atoms with Crippen molar-refractivity contribution in [3.8, 4) is 0 Å². The van der Waals surface area contributed by atoms with Crippen LogP contribution in [0.1, 0.15) is 0 Å². The summed E-state index contributed by atoms with van der Waals surface area (Å²) in [5.74, 6) is 0. The summed E-state index contributed by atoms with van der Waals surface area (Å²) >= 11 is 0. The monoisotopic (exact) mass is 191 g/mol. The third kappa shape index (κ3) is 11.5. The molecule has 5 nitrogen and oxygen atoms in total. The van der Waals surface area contributed by atoms with Crippen LogP contribution in [0.2, 0.25) is 0 Å². The Hall–Kier alpha value is -0.460. The zero-order valence-corrected chi connectivity index (χ0v) is 7.61. The normalized spacial score (nSPS) is 16.2. The molecule has 3 N–H and O–H groups in total. The van der Waals surface area contributed by atoms with E-state index in [1.165, 1.54) is 6.08 Å². The third-order valence-corrected chi connectivity index (χ3v) is 1.21. The molecule has 0 radical (unpaired) electrons. The molecule has 5 heteroatoms. The molecule has 0 saturated carbocycles. The van der Waals surface area contributed by atoms with Gasteiger partial charge in [0, 0.05) is 13.1 Å². The predicted molar refractivity (Wildman–Crippen MR) is 48.1 cm³/mol. The zero-order valence-electron chi connectivity index (χ0n) is 7.61. The molecule has 13 heavy (non-hydrogen) atoms. The molecule has 0 bridgehead atoms. The van der Waals surface area contributed by atoms with Crippen molar-refractivity contribution in [3.05, 3.63) is 12.7 Å². The van der Waals surface area contributed by atoms with Gasteiger partial charge in [0.25, 0.3) is 6.48 Å². The molecule has 0 aromatic carbocycles. The average Bonchev–Trinajstić information content (AvgIpc) is 2.18. The van der Waals surface area contributed by atoms with Gasteiger partial charge in [-0.05, 0) is 0 Å². The largest absolute Gasteiger partial charge is 0.379 e. The van der Waals surface area contributed by atoms with Gasteiger partial charge in [-0.1, -0.05) is 6.08 Å². The number of nitrogens with one attached hydrogen (secondary N) is 1. The van der Waals surface area contributed by atoms with Crippen LogP contribution in [0.15, 0.2) is 12.7 Å². The molecule has 0 amide bonds. The first kappa shape index (κ1) is 12.5. The number of aliphatic hydroxyl groups excluding tert-OH is 1. The highest BCUT2D eigenvalue weighted by atomic mass is 16.7. The van der Waals surface area contributed by atoms with Crippen LogP contribution >= 0.6 is 0 Å². The Labute approximate surface area is 78.0 Å². The molecule has 0 aromatic rings.